The van der Waals surface area contributed by atoms with E-state index >= 15 is 0 Å². The van der Waals surface area contributed by atoms with E-state index in [0.717, 1.165) is 29.2 Å². The van der Waals surface area contributed by atoms with E-state index in [1.165, 1.54) is 25.1 Å². The number of aryl methyl sites for hydroxylation is 1. The van der Waals surface area contributed by atoms with Crippen molar-refractivity contribution in [2.45, 2.75) is 45.6 Å². The van der Waals surface area contributed by atoms with Crippen LogP contribution in [0.1, 0.15) is 35.9 Å². The maximum atomic E-state index is 11.8. The van der Waals surface area contributed by atoms with Crippen LogP contribution in [0, 0.1) is 6.92 Å². The predicted octanol–water partition coefficient (Wildman–Crippen LogP) is 6.45. The van der Waals surface area contributed by atoms with Gasteiger partial charge in [-0.25, -0.2) is 0 Å². The van der Waals surface area contributed by atoms with Crippen molar-refractivity contribution in [3.05, 3.63) is 100 Å². The van der Waals surface area contributed by atoms with Crippen molar-refractivity contribution in [2.24, 2.45) is 0 Å². The number of H-pyrrole nitrogens is 1. The van der Waals surface area contributed by atoms with Crippen molar-refractivity contribution in [2.75, 3.05) is 29.9 Å². The first kappa shape index (κ1) is 24.2. The fourth-order valence-corrected chi connectivity index (χ4v) is 7.18. The maximum absolute atomic E-state index is 11.8. The van der Waals surface area contributed by atoms with Gasteiger partial charge in [0.25, 0.3) is 0 Å². The average Bonchev–Trinajstić information content (AvgIpc) is 2.92. The molecule has 188 valence electrons. The molecule has 4 aromatic rings. The number of nitrogens with one attached hydrogen (secondary N) is 2. The van der Waals surface area contributed by atoms with Crippen LogP contribution in [0.25, 0.3) is 0 Å². The van der Waals surface area contributed by atoms with Gasteiger partial charge in [0, 0.05) is 62.5 Å². The summed E-state index contributed by atoms with van der Waals surface area (Å²) in [6.45, 7) is 6.30. The zero-order chi connectivity index (χ0) is 25.4. The number of hydrogen-bond acceptors (Lipinski definition) is 7. The third-order valence-electron chi connectivity index (χ3n) is 6.68. The van der Waals surface area contributed by atoms with Crippen LogP contribution < -0.4 is 15.8 Å². The van der Waals surface area contributed by atoms with Gasteiger partial charge in [0.2, 0.25) is 5.56 Å². The lowest BCUT2D eigenvalue weighted by atomic mass is 10.1. The molecule has 0 bridgehead atoms. The molecule has 2 unspecified atom stereocenters. The van der Waals surface area contributed by atoms with Gasteiger partial charge in [-0.3, -0.25) is 9.78 Å². The Balaban J connectivity index is 1.21. The van der Waals surface area contributed by atoms with Crippen molar-refractivity contribution in [3.8, 4) is 0 Å². The van der Waals surface area contributed by atoms with E-state index in [0.29, 0.717) is 13.2 Å². The lowest BCUT2D eigenvalue weighted by Gasteiger charge is -2.36. The topological polar surface area (TPSA) is 70.2 Å². The molecule has 2 aromatic carbocycles. The van der Waals surface area contributed by atoms with E-state index in [1.807, 2.05) is 35.8 Å². The van der Waals surface area contributed by atoms with Crippen molar-refractivity contribution < 1.29 is 4.74 Å². The Hall–Kier alpha value is -3.20. The first-order valence-electron chi connectivity index (χ1n) is 12.4. The Kier molecular flexibility index (Phi) is 6.71. The Morgan fingerprint density at radius 2 is 2.00 bits per heavy atom. The molecule has 2 aromatic heterocycles. The highest BCUT2D eigenvalue weighted by atomic mass is 32.2. The Bertz CT molecular complexity index is 1490. The SMILES string of the molecule is Cc1ccc(C(C)Nc2ccc3c(c2)Sc2cccc(C4CN(c5cc[nH]c(=O)c5)CCO4)c2S3)nc1. The number of hydrogen-bond donors (Lipinski definition) is 2. The molecule has 37 heavy (non-hydrogen) atoms. The summed E-state index contributed by atoms with van der Waals surface area (Å²) < 4.78 is 6.25. The largest absolute Gasteiger partial charge is 0.377 e. The van der Waals surface area contributed by atoms with Crippen LogP contribution in [0.15, 0.2) is 97.4 Å². The number of nitrogens with zero attached hydrogens (tertiary/aromatic N) is 2. The molecule has 0 aliphatic carbocycles. The molecule has 0 amide bonds. The molecular formula is C29H28N4O2S2. The van der Waals surface area contributed by atoms with E-state index in [2.05, 4.69) is 82.6 Å². The number of fused-ring (bicyclic) bond motifs is 2. The van der Waals surface area contributed by atoms with Crippen LogP contribution in [0.4, 0.5) is 11.4 Å². The van der Waals surface area contributed by atoms with Gasteiger partial charge in [0.1, 0.15) is 6.10 Å². The highest BCUT2D eigenvalue weighted by Crippen LogP contribution is 2.52. The van der Waals surface area contributed by atoms with Crippen LogP contribution in [-0.2, 0) is 4.74 Å². The predicted molar refractivity (Wildman–Crippen MR) is 150 cm³/mol. The number of aromatic nitrogens is 2. The highest BCUT2D eigenvalue weighted by Gasteiger charge is 2.28. The highest BCUT2D eigenvalue weighted by molar-refractivity contribution is 8.05. The fraction of sp³-hybridized carbons (Fsp3) is 0.241. The van der Waals surface area contributed by atoms with Crippen LogP contribution in [-0.4, -0.2) is 29.7 Å². The molecule has 2 N–H and O–H groups in total. The fourth-order valence-electron chi connectivity index (χ4n) is 4.73. The summed E-state index contributed by atoms with van der Waals surface area (Å²) in [4.78, 5) is 26.3. The minimum atomic E-state index is -0.0837. The molecule has 6 rings (SSSR count). The minimum Gasteiger partial charge on any atom is -0.377 e. The molecule has 2 atom stereocenters. The summed E-state index contributed by atoms with van der Waals surface area (Å²) >= 11 is 3.62. The molecule has 0 saturated carbocycles. The zero-order valence-electron chi connectivity index (χ0n) is 20.7. The molecule has 4 heterocycles. The first-order valence-corrected chi connectivity index (χ1v) is 14.0. The number of morpholine rings is 1. The molecule has 1 saturated heterocycles. The Labute approximate surface area is 224 Å². The van der Waals surface area contributed by atoms with E-state index in [9.17, 15) is 4.79 Å². The normalized spacial score (nSPS) is 17.6. The van der Waals surface area contributed by atoms with Crippen molar-refractivity contribution in [1.29, 1.82) is 0 Å². The van der Waals surface area contributed by atoms with E-state index in [1.54, 1.807) is 12.3 Å². The van der Waals surface area contributed by atoms with E-state index < -0.39 is 0 Å². The van der Waals surface area contributed by atoms with Crippen molar-refractivity contribution in [3.63, 3.8) is 0 Å². The molecule has 0 radical (unpaired) electrons. The first-order chi connectivity index (χ1) is 18.0. The van der Waals surface area contributed by atoms with Gasteiger partial charge in [-0.2, -0.15) is 0 Å². The number of ether oxygens (including phenoxy) is 1. The number of aromatic amines is 1. The Morgan fingerprint density at radius 3 is 2.84 bits per heavy atom. The summed E-state index contributed by atoms with van der Waals surface area (Å²) in [7, 11) is 0. The zero-order valence-corrected chi connectivity index (χ0v) is 22.4. The molecule has 1 fully saturated rings. The summed E-state index contributed by atoms with van der Waals surface area (Å²) in [5.74, 6) is 0. The van der Waals surface area contributed by atoms with Crippen LogP contribution in [0.3, 0.4) is 0 Å². The Morgan fingerprint density at radius 1 is 1.08 bits per heavy atom. The van der Waals surface area contributed by atoms with Gasteiger partial charge in [0.15, 0.2) is 0 Å². The van der Waals surface area contributed by atoms with Gasteiger partial charge < -0.3 is 19.9 Å². The minimum absolute atomic E-state index is 0.0542. The third-order valence-corrected chi connectivity index (χ3v) is 9.30. The monoisotopic (exact) mass is 528 g/mol. The molecule has 8 heteroatoms. The van der Waals surface area contributed by atoms with Gasteiger partial charge in [-0.05, 0) is 61.4 Å². The van der Waals surface area contributed by atoms with E-state index in [4.69, 9.17) is 4.74 Å². The summed E-state index contributed by atoms with van der Waals surface area (Å²) in [5.41, 5.74) is 5.34. The van der Waals surface area contributed by atoms with Crippen LogP contribution >= 0.6 is 23.5 Å². The number of anilines is 2. The van der Waals surface area contributed by atoms with Gasteiger partial charge in [0.05, 0.1) is 18.3 Å². The molecule has 2 aliphatic rings. The third kappa shape index (κ3) is 5.14. The second-order valence-corrected chi connectivity index (χ2v) is 11.5. The van der Waals surface area contributed by atoms with Crippen LogP contribution in [0.5, 0.6) is 0 Å². The number of pyridine rings is 2. The standard InChI is InChI=1S/C29H28N4O2S2/c1-18-6-8-23(31-16-18)19(2)32-20-7-9-25-27(14-20)36-26-5-3-4-22(29(26)37-25)24-17-33(12-13-35-24)21-10-11-30-28(34)15-21/h3-11,14-16,19,24,32H,12-13,17H2,1-2H3,(H,30,34). The maximum Gasteiger partial charge on any atom is 0.249 e. The molecule has 6 nitrogen and oxygen atoms in total. The van der Waals surface area contributed by atoms with Crippen molar-refractivity contribution >= 4 is 34.9 Å². The molecule has 2 aliphatic heterocycles. The quantitative estimate of drug-likeness (QED) is 0.272. The lowest BCUT2D eigenvalue weighted by molar-refractivity contribution is 0.0379. The summed E-state index contributed by atoms with van der Waals surface area (Å²) in [5, 5.41) is 3.60. The molecular weight excluding hydrogens is 500 g/mol. The second-order valence-electron chi connectivity index (χ2n) is 9.38. The average molecular weight is 529 g/mol. The van der Waals surface area contributed by atoms with Gasteiger partial charge >= 0.3 is 0 Å². The lowest BCUT2D eigenvalue weighted by Crippen LogP contribution is -2.39. The van der Waals surface area contributed by atoms with Crippen LogP contribution in [0.2, 0.25) is 0 Å². The number of benzene rings is 2. The molecule has 0 spiro atoms. The summed E-state index contributed by atoms with van der Waals surface area (Å²) in [6, 6.07) is 21.0. The van der Waals surface area contributed by atoms with Gasteiger partial charge in [-0.1, -0.05) is 41.7 Å². The van der Waals surface area contributed by atoms with Crippen molar-refractivity contribution in [1.82, 2.24) is 9.97 Å². The number of rotatable bonds is 5. The van der Waals surface area contributed by atoms with E-state index in [-0.39, 0.29) is 17.7 Å². The summed E-state index contributed by atoms with van der Waals surface area (Å²) in [6.07, 6.45) is 3.56. The van der Waals surface area contributed by atoms with Gasteiger partial charge in [-0.15, -0.1) is 0 Å². The second kappa shape index (κ2) is 10.3. The smallest absolute Gasteiger partial charge is 0.249 e.